The highest BCUT2D eigenvalue weighted by Crippen LogP contribution is 2.30. The van der Waals surface area contributed by atoms with Crippen LogP contribution in [-0.4, -0.2) is 32.0 Å². The molecule has 1 aliphatic rings. The van der Waals surface area contributed by atoms with Crippen molar-refractivity contribution in [2.24, 2.45) is 5.92 Å². The molecular weight excluding hydrogens is 324 g/mol. The molecule has 106 valence electrons. The van der Waals surface area contributed by atoms with E-state index in [0.717, 1.165) is 19.3 Å². The van der Waals surface area contributed by atoms with E-state index < -0.39 is 16.3 Å². The Labute approximate surface area is 116 Å². The van der Waals surface area contributed by atoms with Crippen LogP contribution in [0, 0.1) is 5.92 Å². The standard InChI is InChI=1S/C10H19BrN2O4S/c1-7(2)17-10(14)13-18(15,16)12-6-8-4-3-5-9(8)11/h7-9,12H,3-6H2,1-2H3,(H,13,14). The number of nitrogens with one attached hydrogen (secondary N) is 2. The summed E-state index contributed by atoms with van der Waals surface area (Å²) < 4.78 is 32.0. The van der Waals surface area contributed by atoms with Crippen molar-refractivity contribution in [3.63, 3.8) is 0 Å². The van der Waals surface area contributed by atoms with Crippen molar-refractivity contribution in [1.82, 2.24) is 9.44 Å². The molecule has 6 nitrogen and oxygen atoms in total. The molecule has 1 aliphatic carbocycles. The summed E-state index contributed by atoms with van der Waals surface area (Å²) >= 11 is 3.51. The summed E-state index contributed by atoms with van der Waals surface area (Å²) in [4.78, 5) is 11.5. The van der Waals surface area contributed by atoms with Crippen LogP contribution in [0.25, 0.3) is 0 Å². The van der Waals surface area contributed by atoms with E-state index in [4.69, 9.17) is 4.74 Å². The lowest BCUT2D eigenvalue weighted by Crippen LogP contribution is -2.43. The molecular formula is C10H19BrN2O4S. The van der Waals surface area contributed by atoms with Crippen molar-refractivity contribution in [2.75, 3.05) is 6.54 Å². The molecule has 2 unspecified atom stereocenters. The summed E-state index contributed by atoms with van der Waals surface area (Å²) in [5.41, 5.74) is 0. The number of halogens is 1. The van der Waals surface area contributed by atoms with E-state index in [0.29, 0.717) is 11.4 Å². The number of carbonyl (C=O) groups is 1. The van der Waals surface area contributed by atoms with Gasteiger partial charge in [0.15, 0.2) is 0 Å². The van der Waals surface area contributed by atoms with Gasteiger partial charge in [-0.05, 0) is 32.6 Å². The Balaban J connectivity index is 2.37. The Morgan fingerprint density at radius 1 is 1.44 bits per heavy atom. The van der Waals surface area contributed by atoms with Gasteiger partial charge >= 0.3 is 16.3 Å². The third-order valence-corrected chi connectivity index (χ3v) is 4.85. The van der Waals surface area contributed by atoms with Gasteiger partial charge < -0.3 is 4.74 Å². The third kappa shape index (κ3) is 5.53. The highest BCUT2D eigenvalue weighted by Gasteiger charge is 2.26. The SMILES string of the molecule is CC(C)OC(=O)NS(=O)(=O)NCC1CCCC1Br. The first-order valence-electron chi connectivity index (χ1n) is 5.92. The fraction of sp³-hybridized carbons (Fsp3) is 0.900. The molecule has 1 saturated carbocycles. The van der Waals surface area contributed by atoms with Gasteiger partial charge in [-0.25, -0.2) is 9.52 Å². The zero-order valence-electron chi connectivity index (χ0n) is 10.5. The van der Waals surface area contributed by atoms with Crippen LogP contribution in [0.5, 0.6) is 0 Å². The Hall–Kier alpha value is -0.340. The second-order valence-corrected chi connectivity index (χ2v) is 7.29. The van der Waals surface area contributed by atoms with Crippen molar-refractivity contribution < 1.29 is 17.9 Å². The van der Waals surface area contributed by atoms with E-state index in [1.54, 1.807) is 13.8 Å². The van der Waals surface area contributed by atoms with Crippen LogP contribution >= 0.6 is 15.9 Å². The first kappa shape index (κ1) is 15.7. The molecule has 18 heavy (non-hydrogen) atoms. The second-order valence-electron chi connectivity index (χ2n) is 4.62. The summed E-state index contributed by atoms with van der Waals surface area (Å²) in [5, 5.41) is 0. The Morgan fingerprint density at radius 3 is 2.61 bits per heavy atom. The van der Waals surface area contributed by atoms with Crippen molar-refractivity contribution >= 4 is 32.2 Å². The van der Waals surface area contributed by atoms with Gasteiger partial charge in [0, 0.05) is 11.4 Å². The van der Waals surface area contributed by atoms with E-state index >= 15 is 0 Å². The summed E-state index contributed by atoms with van der Waals surface area (Å²) in [6, 6.07) is 0. The molecule has 1 amide bonds. The molecule has 0 radical (unpaired) electrons. The van der Waals surface area contributed by atoms with Gasteiger partial charge in [-0.3, -0.25) is 0 Å². The molecule has 0 saturated heterocycles. The zero-order valence-corrected chi connectivity index (χ0v) is 12.9. The monoisotopic (exact) mass is 342 g/mol. The van der Waals surface area contributed by atoms with Crippen LogP contribution in [0.1, 0.15) is 33.1 Å². The number of carbonyl (C=O) groups excluding carboxylic acids is 1. The van der Waals surface area contributed by atoms with Gasteiger partial charge in [-0.1, -0.05) is 22.4 Å². The maximum Gasteiger partial charge on any atom is 0.422 e. The summed E-state index contributed by atoms with van der Waals surface area (Å²) in [6.45, 7) is 3.61. The Morgan fingerprint density at radius 2 is 2.11 bits per heavy atom. The van der Waals surface area contributed by atoms with Crippen LogP contribution in [0.2, 0.25) is 0 Å². The molecule has 0 bridgehead atoms. The minimum atomic E-state index is -3.83. The number of rotatable bonds is 5. The number of ether oxygens (including phenoxy) is 1. The lowest BCUT2D eigenvalue weighted by Gasteiger charge is -2.15. The fourth-order valence-electron chi connectivity index (χ4n) is 1.82. The number of hydrogen-bond acceptors (Lipinski definition) is 4. The molecule has 0 aromatic rings. The van der Waals surface area contributed by atoms with Crippen LogP contribution in [0.15, 0.2) is 0 Å². The van der Waals surface area contributed by atoms with Crippen molar-refractivity contribution in [1.29, 1.82) is 0 Å². The minimum absolute atomic E-state index is 0.266. The van der Waals surface area contributed by atoms with Gasteiger partial charge in [-0.15, -0.1) is 0 Å². The fourth-order valence-corrected chi connectivity index (χ4v) is 3.37. The number of hydrogen-bond donors (Lipinski definition) is 2. The lowest BCUT2D eigenvalue weighted by atomic mass is 10.1. The molecule has 0 spiro atoms. The normalized spacial score (nSPS) is 24.2. The molecule has 2 N–H and O–H groups in total. The number of alkyl halides is 1. The molecule has 0 heterocycles. The second kappa shape index (κ2) is 6.72. The van der Waals surface area contributed by atoms with Gasteiger partial charge in [0.2, 0.25) is 0 Å². The smallest absolute Gasteiger partial charge is 0.422 e. The maximum atomic E-state index is 11.5. The predicted molar refractivity (Wildman–Crippen MR) is 71.7 cm³/mol. The molecule has 8 heteroatoms. The van der Waals surface area contributed by atoms with E-state index in [9.17, 15) is 13.2 Å². The highest BCUT2D eigenvalue weighted by molar-refractivity contribution is 9.09. The topological polar surface area (TPSA) is 84.5 Å². The Bertz CT molecular complexity index is 385. The molecule has 1 rings (SSSR count). The van der Waals surface area contributed by atoms with Crippen LogP contribution in [-0.2, 0) is 14.9 Å². The van der Waals surface area contributed by atoms with Gasteiger partial charge in [0.05, 0.1) is 6.10 Å². The van der Waals surface area contributed by atoms with Crippen LogP contribution in [0.4, 0.5) is 4.79 Å². The molecule has 1 fully saturated rings. The van der Waals surface area contributed by atoms with Crippen molar-refractivity contribution in [3.8, 4) is 0 Å². The highest BCUT2D eigenvalue weighted by atomic mass is 79.9. The molecule has 0 aromatic heterocycles. The summed E-state index contributed by atoms with van der Waals surface area (Å²) in [5.74, 6) is 0.266. The molecule has 0 aliphatic heterocycles. The minimum Gasteiger partial charge on any atom is -0.446 e. The van der Waals surface area contributed by atoms with E-state index in [1.165, 1.54) is 0 Å². The maximum absolute atomic E-state index is 11.5. The van der Waals surface area contributed by atoms with Gasteiger partial charge in [-0.2, -0.15) is 13.1 Å². The van der Waals surface area contributed by atoms with Gasteiger partial charge in [0.25, 0.3) is 0 Å². The molecule has 0 aromatic carbocycles. The average molecular weight is 343 g/mol. The van der Waals surface area contributed by atoms with E-state index in [1.807, 2.05) is 4.72 Å². The third-order valence-electron chi connectivity index (χ3n) is 2.66. The summed E-state index contributed by atoms with van der Waals surface area (Å²) in [6.07, 6.45) is 1.80. The first-order valence-corrected chi connectivity index (χ1v) is 8.32. The van der Waals surface area contributed by atoms with E-state index in [-0.39, 0.29) is 12.0 Å². The molecule has 2 atom stereocenters. The quantitative estimate of drug-likeness (QED) is 0.742. The number of amides is 1. The van der Waals surface area contributed by atoms with E-state index in [2.05, 4.69) is 20.7 Å². The largest absolute Gasteiger partial charge is 0.446 e. The summed E-state index contributed by atoms with van der Waals surface area (Å²) in [7, 11) is -3.83. The zero-order chi connectivity index (χ0) is 13.8. The average Bonchev–Trinajstić information content (AvgIpc) is 2.58. The van der Waals surface area contributed by atoms with Gasteiger partial charge in [0.1, 0.15) is 0 Å². The van der Waals surface area contributed by atoms with Crippen LogP contribution in [0.3, 0.4) is 0 Å². The van der Waals surface area contributed by atoms with Crippen molar-refractivity contribution in [3.05, 3.63) is 0 Å². The van der Waals surface area contributed by atoms with Crippen LogP contribution < -0.4 is 9.44 Å². The predicted octanol–water partition coefficient (Wildman–Crippen LogP) is 1.52. The Kier molecular flexibility index (Phi) is 5.87. The van der Waals surface area contributed by atoms with Crippen molar-refractivity contribution in [2.45, 2.75) is 44.0 Å². The lowest BCUT2D eigenvalue weighted by molar-refractivity contribution is 0.121. The first-order chi connectivity index (χ1) is 8.30.